The monoisotopic (exact) mass is 500 g/mol. The van der Waals surface area contributed by atoms with Gasteiger partial charge < -0.3 is 10.2 Å². The molecule has 0 unspecified atom stereocenters. The van der Waals surface area contributed by atoms with Gasteiger partial charge in [-0.05, 0) is 60.7 Å². The van der Waals surface area contributed by atoms with Crippen LogP contribution in [-0.4, -0.2) is 17.9 Å². The number of hydrogen-bond acceptors (Lipinski definition) is 3. The Hall–Kier alpha value is -3.38. The minimum absolute atomic E-state index is 0.0546. The van der Waals surface area contributed by atoms with Gasteiger partial charge in [0.1, 0.15) is 5.82 Å². The first-order valence-corrected chi connectivity index (χ1v) is 13.3. The molecule has 0 aromatic heterocycles. The summed E-state index contributed by atoms with van der Waals surface area (Å²) in [6, 6.07) is 21.8. The van der Waals surface area contributed by atoms with Crippen molar-refractivity contribution in [2.24, 2.45) is 5.92 Å². The highest BCUT2D eigenvalue weighted by molar-refractivity contribution is 8.04. The van der Waals surface area contributed by atoms with Crippen molar-refractivity contribution in [3.8, 4) is 0 Å². The molecule has 1 aliphatic carbocycles. The number of nitrogens with one attached hydrogen (secondary N) is 1. The summed E-state index contributed by atoms with van der Waals surface area (Å²) in [5.41, 5.74) is 2.69. The van der Waals surface area contributed by atoms with Crippen LogP contribution in [0, 0.1) is 11.7 Å². The highest BCUT2D eigenvalue weighted by atomic mass is 32.2. The SMILES string of the molecule is C[C@@H]1CCCC[C@@H]1NC(=O)c1ccc(/C=C2\Sc3ccccc3N(Cc3ccccc3F)C2=O)cc1. The number of benzene rings is 3. The van der Waals surface area contributed by atoms with Gasteiger partial charge in [0.05, 0.1) is 17.1 Å². The molecule has 1 N–H and O–H groups in total. The van der Waals surface area contributed by atoms with Crippen LogP contribution in [-0.2, 0) is 11.3 Å². The number of nitrogens with zero attached hydrogens (tertiary/aromatic N) is 1. The molecule has 1 fully saturated rings. The zero-order valence-corrected chi connectivity index (χ0v) is 21.1. The van der Waals surface area contributed by atoms with Gasteiger partial charge in [0.25, 0.3) is 11.8 Å². The third-order valence-corrected chi connectivity index (χ3v) is 8.09. The molecule has 0 spiro atoms. The summed E-state index contributed by atoms with van der Waals surface area (Å²) in [6.07, 6.45) is 6.41. The van der Waals surface area contributed by atoms with E-state index in [0.29, 0.717) is 21.9 Å². The van der Waals surface area contributed by atoms with Crippen LogP contribution in [0.25, 0.3) is 6.08 Å². The molecular formula is C30H29FN2O2S. The number of para-hydroxylation sites is 1. The molecule has 2 amide bonds. The van der Waals surface area contributed by atoms with Gasteiger partial charge in [-0.3, -0.25) is 9.59 Å². The Morgan fingerprint density at radius 2 is 1.75 bits per heavy atom. The Morgan fingerprint density at radius 3 is 2.53 bits per heavy atom. The van der Waals surface area contributed by atoms with E-state index in [0.717, 1.165) is 35.4 Å². The molecule has 1 heterocycles. The van der Waals surface area contributed by atoms with Crippen LogP contribution in [0.15, 0.2) is 82.6 Å². The van der Waals surface area contributed by atoms with Gasteiger partial charge in [-0.2, -0.15) is 0 Å². The van der Waals surface area contributed by atoms with Crippen molar-refractivity contribution < 1.29 is 14.0 Å². The van der Waals surface area contributed by atoms with Crippen LogP contribution in [0.5, 0.6) is 0 Å². The van der Waals surface area contributed by atoms with Gasteiger partial charge in [-0.1, -0.05) is 74.0 Å². The summed E-state index contributed by atoms with van der Waals surface area (Å²) in [7, 11) is 0. The highest BCUT2D eigenvalue weighted by Gasteiger charge is 2.29. The van der Waals surface area contributed by atoms with Crippen molar-refractivity contribution in [1.29, 1.82) is 0 Å². The molecule has 1 aliphatic heterocycles. The maximum atomic E-state index is 14.4. The minimum atomic E-state index is -0.331. The molecular weight excluding hydrogens is 471 g/mol. The molecule has 5 rings (SSSR count). The van der Waals surface area contributed by atoms with Gasteiger partial charge in [-0.25, -0.2) is 4.39 Å². The van der Waals surface area contributed by atoms with Crippen LogP contribution in [0.4, 0.5) is 10.1 Å². The lowest BCUT2D eigenvalue weighted by Gasteiger charge is -2.30. The largest absolute Gasteiger partial charge is 0.349 e. The van der Waals surface area contributed by atoms with Crippen LogP contribution in [0.2, 0.25) is 0 Å². The molecule has 184 valence electrons. The van der Waals surface area contributed by atoms with Crippen molar-refractivity contribution in [1.82, 2.24) is 5.32 Å². The number of carbonyl (C=O) groups is 2. The Morgan fingerprint density at radius 1 is 1.03 bits per heavy atom. The smallest absolute Gasteiger partial charge is 0.265 e. The lowest BCUT2D eigenvalue weighted by molar-refractivity contribution is -0.114. The van der Waals surface area contributed by atoms with Crippen molar-refractivity contribution >= 4 is 35.3 Å². The molecule has 1 saturated carbocycles. The quantitative estimate of drug-likeness (QED) is 0.391. The van der Waals surface area contributed by atoms with Crippen LogP contribution in [0.3, 0.4) is 0 Å². The summed E-state index contributed by atoms with van der Waals surface area (Å²) in [5.74, 6) is -0.0598. The van der Waals surface area contributed by atoms with Gasteiger partial charge in [0, 0.05) is 22.1 Å². The number of anilines is 1. The van der Waals surface area contributed by atoms with Crippen molar-refractivity contribution in [2.75, 3.05) is 4.90 Å². The third kappa shape index (κ3) is 5.24. The molecule has 36 heavy (non-hydrogen) atoms. The lowest BCUT2D eigenvalue weighted by atomic mass is 9.86. The standard InChI is InChI=1S/C30H29FN2O2S/c1-20-8-2-5-11-25(20)32-29(34)22-16-14-21(15-17-22)18-28-30(35)33(19-23-9-3-4-10-24(23)31)26-12-6-7-13-27(26)36-28/h3-4,6-7,9-10,12-18,20,25H,2,5,8,11,19H2,1H3,(H,32,34)/b28-18-/t20-,25+/m1/s1. The van der Waals surface area contributed by atoms with E-state index in [2.05, 4.69) is 12.2 Å². The number of thioether (sulfide) groups is 1. The summed E-state index contributed by atoms with van der Waals surface area (Å²) < 4.78 is 14.4. The molecule has 2 atom stereocenters. The van der Waals surface area contributed by atoms with E-state index in [1.807, 2.05) is 42.5 Å². The zero-order chi connectivity index (χ0) is 25.1. The van der Waals surface area contributed by atoms with Gasteiger partial charge >= 0.3 is 0 Å². The topological polar surface area (TPSA) is 49.4 Å². The van der Waals surface area contributed by atoms with E-state index < -0.39 is 0 Å². The minimum Gasteiger partial charge on any atom is -0.349 e. The summed E-state index contributed by atoms with van der Waals surface area (Å²) in [5, 5.41) is 3.19. The molecule has 4 nitrogen and oxygen atoms in total. The Kier molecular flexibility index (Phi) is 7.23. The highest BCUT2D eigenvalue weighted by Crippen LogP contribution is 2.42. The average Bonchev–Trinajstić information content (AvgIpc) is 2.89. The normalized spacial score (nSPS) is 20.8. The maximum absolute atomic E-state index is 14.4. The second kappa shape index (κ2) is 10.7. The molecule has 0 radical (unpaired) electrons. The Bertz CT molecular complexity index is 1300. The first-order chi connectivity index (χ1) is 17.5. The average molecular weight is 501 g/mol. The third-order valence-electron chi connectivity index (χ3n) is 7.02. The zero-order valence-electron chi connectivity index (χ0n) is 20.2. The molecule has 0 saturated heterocycles. The number of fused-ring (bicyclic) bond motifs is 1. The second-order valence-electron chi connectivity index (χ2n) is 9.52. The number of carbonyl (C=O) groups excluding carboxylic acids is 2. The number of halogens is 1. The van der Waals surface area contributed by atoms with E-state index in [-0.39, 0.29) is 30.2 Å². The van der Waals surface area contributed by atoms with E-state index in [9.17, 15) is 14.0 Å². The first kappa shape index (κ1) is 24.3. The lowest BCUT2D eigenvalue weighted by Crippen LogP contribution is -2.41. The molecule has 3 aromatic rings. The van der Waals surface area contributed by atoms with Crippen molar-refractivity contribution in [2.45, 2.75) is 50.1 Å². The van der Waals surface area contributed by atoms with Crippen LogP contribution < -0.4 is 10.2 Å². The summed E-state index contributed by atoms with van der Waals surface area (Å²) in [4.78, 5) is 29.4. The van der Waals surface area contributed by atoms with Crippen LogP contribution in [0.1, 0.15) is 54.1 Å². The van der Waals surface area contributed by atoms with Gasteiger partial charge in [0.2, 0.25) is 0 Å². The summed E-state index contributed by atoms with van der Waals surface area (Å²) in [6.45, 7) is 2.35. The van der Waals surface area contributed by atoms with Gasteiger partial charge in [0.15, 0.2) is 0 Å². The second-order valence-corrected chi connectivity index (χ2v) is 10.6. The first-order valence-electron chi connectivity index (χ1n) is 12.4. The number of hydrogen-bond donors (Lipinski definition) is 1. The van der Waals surface area contributed by atoms with Crippen LogP contribution >= 0.6 is 11.8 Å². The summed E-state index contributed by atoms with van der Waals surface area (Å²) >= 11 is 1.41. The maximum Gasteiger partial charge on any atom is 0.265 e. The number of amides is 2. The van der Waals surface area contributed by atoms with Crippen molar-refractivity contribution in [3.63, 3.8) is 0 Å². The fourth-order valence-electron chi connectivity index (χ4n) is 4.88. The van der Waals surface area contributed by atoms with E-state index >= 15 is 0 Å². The van der Waals surface area contributed by atoms with E-state index in [4.69, 9.17) is 0 Å². The fraction of sp³-hybridized carbons (Fsp3) is 0.267. The molecule has 6 heteroatoms. The molecule has 2 aliphatic rings. The fourth-order valence-corrected chi connectivity index (χ4v) is 5.94. The molecule has 0 bridgehead atoms. The van der Waals surface area contributed by atoms with E-state index in [1.54, 1.807) is 35.2 Å². The van der Waals surface area contributed by atoms with Crippen molar-refractivity contribution in [3.05, 3.63) is 100 Å². The predicted molar refractivity (Wildman–Crippen MR) is 143 cm³/mol. The number of rotatable bonds is 5. The molecule has 3 aromatic carbocycles. The Balaban J connectivity index is 1.36. The Labute approximate surface area is 215 Å². The van der Waals surface area contributed by atoms with E-state index in [1.165, 1.54) is 24.2 Å². The van der Waals surface area contributed by atoms with Gasteiger partial charge in [-0.15, -0.1) is 0 Å². The predicted octanol–water partition coefficient (Wildman–Crippen LogP) is 6.81.